The zero-order valence-corrected chi connectivity index (χ0v) is 14.8. The number of hydrogen-bond acceptors (Lipinski definition) is 2. The number of nitrogens with zero attached hydrogens (tertiary/aromatic N) is 1. The van der Waals surface area contributed by atoms with Crippen LogP contribution >= 0.6 is 15.9 Å². The minimum absolute atomic E-state index is 0.229. The van der Waals surface area contributed by atoms with E-state index in [0.717, 1.165) is 40.7 Å². The van der Waals surface area contributed by atoms with E-state index in [2.05, 4.69) is 46.9 Å². The summed E-state index contributed by atoms with van der Waals surface area (Å²) < 4.78 is 1.07. The lowest BCUT2D eigenvalue weighted by molar-refractivity contribution is 0.0976. The first kappa shape index (κ1) is 16.9. The average Bonchev–Trinajstić information content (AvgIpc) is 2.55. The molecule has 0 saturated carbocycles. The smallest absolute Gasteiger partial charge is 0.162 e. The van der Waals surface area contributed by atoms with Crippen LogP contribution in [-0.4, -0.2) is 30.8 Å². The second-order valence-corrected chi connectivity index (χ2v) is 6.42. The van der Waals surface area contributed by atoms with Gasteiger partial charge in [0, 0.05) is 16.5 Å². The van der Waals surface area contributed by atoms with Gasteiger partial charge >= 0.3 is 0 Å². The molecular weight excluding hydrogens is 338 g/mol. The number of benzene rings is 2. The van der Waals surface area contributed by atoms with Crippen LogP contribution in [0.1, 0.15) is 30.1 Å². The third kappa shape index (κ3) is 4.79. The maximum Gasteiger partial charge on any atom is 0.162 e. The van der Waals surface area contributed by atoms with Crippen molar-refractivity contribution in [2.45, 2.75) is 19.8 Å². The fourth-order valence-corrected chi connectivity index (χ4v) is 2.57. The summed E-state index contributed by atoms with van der Waals surface area (Å²) in [7, 11) is 2.08. The van der Waals surface area contributed by atoms with E-state index in [-0.39, 0.29) is 5.78 Å². The molecule has 2 rings (SSSR count). The van der Waals surface area contributed by atoms with Gasteiger partial charge in [0.1, 0.15) is 0 Å². The summed E-state index contributed by atoms with van der Waals surface area (Å²) in [5.41, 5.74) is 3.10. The Bertz CT molecular complexity index is 604. The molecule has 22 heavy (non-hydrogen) atoms. The molecule has 0 aliphatic carbocycles. The molecule has 0 aliphatic heterocycles. The van der Waals surface area contributed by atoms with Gasteiger partial charge in [0.25, 0.3) is 0 Å². The molecule has 0 heterocycles. The molecule has 0 unspecified atom stereocenters. The van der Waals surface area contributed by atoms with Crippen molar-refractivity contribution in [3.8, 4) is 11.1 Å². The van der Waals surface area contributed by atoms with E-state index in [4.69, 9.17) is 0 Å². The van der Waals surface area contributed by atoms with Crippen molar-refractivity contribution in [3.63, 3.8) is 0 Å². The first-order valence-electron chi connectivity index (χ1n) is 7.68. The van der Waals surface area contributed by atoms with Crippen LogP contribution in [0.5, 0.6) is 0 Å². The van der Waals surface area contributed by atoms with Crippen LogP contribution in [0.2, 0.25) is 0 Å². The lowest BCUT2D eigenvalue weighted by Crippen LogP contribution is -2.19. The zero-order chi connectivity index (χ0) is 15.9. The number of halogens is 1. The Kier molecular flexibility index (Phi) is 6.34. The molecule has 0 amide bonds. The number of Topliss-reactive ketones (excluding diaryl/α,β-unsaturated/α-hetero) is 1. The maximum absolute atomic E-state index is 12.2. The standard InChI is InChI=1S/C19H22BrNO/c1-3-21(2)14-4-5-19(22)17-8-6-15(7-9-17)16-10-12-18(20)13-11-16/h6-13H,3-5,14H2,1-2H3. The van der Waals surface area contributed by atoms with Gasteiger partial charge in [-0.2, -0.15) is 0 Å². The van der Waals surface area contributed by atoms with E-state index in [1.807, 2.05) is 36.4 Å². The van der Waals surface area contributed by atoms with Crippen molar-refractivity contribution in [1.29, 1.82) is 0 Å². The molecule has 0 bridgehead atoms. The van der Waals surface area contributed by atoms with Gasteiger partial charge in [-0.3, -0.25) is 4.79 Å². The number of hydrogen-bond donors (Lipinski definition) is 0. The highest BCUT2D eigenvalue weighted by Crippen LogP contribution is 2.22. The molecule has 0 atom stereocenters. The van der Waals surface area contributed by atoms with E-state index in [0.29, 0.717) is 6.42 Å². The highest BCUT2D eigenvalue weighted by Gasteiger charge is 2.07. The highest BCUT2D eigenvalue weighted by molar-refractivity contribution is 9.10. The molecule has 2 aromatic carbocycles. The lowest BCUT2D eigenvalue weighted by atomic mass is 10.0. The molecule has 2 aromatic rings. The van der Waals surface area contributed by atoms with Gasteiger partial charge in [-0.15, -0.1) is 0 Å². The first-order chi connectivity index (χ1) is 10.6. The van der Waals surface area contributed by atoms with Crippen LogP contribution in [0.25, 0.3) is 11.1 Å². The predicted molar refractivity (Wildman–Crippen MR) is 96.3 cm³/mol. The Labute approximate surface area is 141 Å². The third-order valence-electron chi connectivity index (χ3n) is 3.87. The van der Waals surface area contributed by atoms with Gasteiger partial charge in [0.05, 0.1) is 0 Å². The number of ketones is 1. The van der Waals surface area contributed by atoms with Crippen molar-refractivity contribution in [2.24, 2.45) is 0 Å². The molecule has 0 aromatic heterocycles. The van der Waals surface area contributed by atoms with Crippen LogP contribution in [0.4, 0.5) is 0 Å². The molecule has 0 radical (unpaired) electrons. The number of carbonyl (C=O) groups excluding carboxylic acids is 1. The first-order valence-corrected chi connectivity index (χ1v) is 8.47. The second kappa shape index (κ2) is 8.25. The fourth-order valence-electron chi connectivity index (χ4n) is 2.30. The second-order valence-electron chi connectivity index (χ2n) is 5.51. The van der Waals surface area contributed by atoms with Gasteiger partial charge < -0.3 is 4.90 Å². The molecule has 0 saturated heterocycles. The van der Waals surface area contributed by atoms with Crippen molar-refractivity contribution in [2.75, 3.05) is 20.1 Å². The van der Waals surface area contributed by atoms with Gasteiger partial charge in [-0.05, 0) is 49.8 Å². The molecule has 0 fully saturated rings. The van der Waals surface area contributed by atoms with Gasteiger partial charge in [0.2, 0.25) is 0 Å². The van der Waals surface area contributed by atoms with E-state index >= 15 is 0 Å². The largest absolute Gasteiger partial charge is 0.307 e. The number of carbonyl (C=O) groups is 1. The summed E-state index contributed by atoms with van der Waals surface area (Å²) in [6, 6.07) is 16.1. The van der Waals surface area contributed by atoms with Crippen molar-refractivity contribution < 1.29 is 4.79 Å². The van der Waals surface area contributed by atoms with Crippen LogP contribution in [-0.2, 0) is 0 Å². The SMILES string of the molecule is CCN(C)CCCC(=O)c1ccc(-c2ccc(Br)cc2)cc1. The average molecular weight is 360 g/mol. The topological polar surface area (TPSA) is 20.3 Å². The Morgan fingerprint density at radius 1 is 1.00 bits per heavy atom. The molecule has 3 heteroatoms. The molecule has 0 N–H and O–H groups in total. The summed E-state index contributed by atoms with van der Waals surface area (Å²) >= 11 is 3.44. The summed E-state index contributed by atoms with van der Waals surface area (Å²) in [6.45, 7) is 4.12. The summed E-state index contributed by atoms with van der Waals surface area (Å²) in [5.74, 6) is 0.229. The van der Waals surface area contributed by atoms with Crippen molar-refractivity contribution in [3.05, 3.63) is 58.6 Å². The van der Waals surface area contributed by atoms with Crippen molar-refractivity contribution in [1.82, 2.24) is 4.90 Å². The third-order valence-corrected chi connectivity index (χ3v) is 4.40. The molecule has 2 nitrogen and oxygen atoms in total. The Morgan fingerprint density at radius 3 is 2.09 bits per heavy atom. The van der Waals surface area contributed by atoms with E-state index in [1.165, 1.54) is 0 Å². The Balaban J connectivity index is 1.96. The lowest BCUT2D eigenvalue weighted by Gasteiger charge is -2.12. The van der Waals surface area contributed by atoms with Crippen LogP contribution in [0.15, 0.2) is 53.0 Å². The normalized spacial score (nSPS) is 10.9. The van der Waals surface area contributed by atoms with Crippen LogP contribution < -0.4 is 0 Å². The molecule has 0 spiro atoms. The van der Waals surface area contributed by atoms with Crippen molar-refractivity contribution >= 4 is 21.7 Å². The van der Waals surface area contributed by atoms with Gasteiger partial charge in [0.15, 0.2) is 5.78 Å². The quantitative estimate of drug-likeness (QED) is 0.646. The van der Waals surface area contributed by atoms with Crippen LogP contribution in [0, 0.1) is 0 Å². The monoisotopic (exact) mass is 359 g/mol. The summed E-state index contributed by atoms with van der Waals surface area (Å²) in [6.07, 6.45) is 1.53. The molecule has 0 aliphatic rings. The minimum atomic E-state index is 0.229. The molecular formula is C19H22BrNO. The summed E-state index contributed by atoms with van der Waals surface area (Å²) in [5, 5.41) is 0. The minimum Gasteiger partial charge on any atom is -0.307 e. The number of rotatable bonds is 7. The Morgan fingerprint density at radius 2 is 1.55 bits per heavy atom. The van der Waals surface area contributed by atoms with Gasteiger partial charge in [-0.1, -0.05) is 59.3 Å². The van der Waals surface area contributed by atoms with E-state index in [9.17, 15) is 4.79 Å². The zero-order valence-electron chi connectivity index (χ0n) is 13.2. The summed E-state index contributed by atoms with van der Waals surface area (Å²) in [4.78, 5) is 14.4. The predicted octanol–water partition coefficient (Wildman–Crippen LogP) is 5.03. The van der Waals surface area contributed by atoms with Gasteiger partial charge in [-0.25, -0.2) is 0 Å². The maximum atomic E-state index is 12.2. The fraction of sp³-hybridized carbons (Fsp3) is 0.316. The van der Waals surface area contributed by atoms with Crippen LogP contribution in [0.3, 0.4) is 0 Å². The highest BCUT2D eigenvalue weighted by atomic mass is 79.9. The molecule has 116 valence electrons. The van der Waals surface area contributed by atoms with E-state index in [1.54, 1.807) is 0 Å². The Hall–Kier alpha value is -1.45. The van der Waals surface area contributed by atoms with E-state index < -0.39 is 0 Å².